The van der Waals surface area contributed by atoms with Gasteiger partial charge in [0.25, 0.3) is 0 Å². The monoisotopic (exact) mass is 341 g/mol. The number of carbonyl (C=O) groups is 2. The zero-order valence-electron chi connectivity index (χ0n) is 14.2. The van der Waals surface area contributed by atoms with Crippen LogP contribution in [0.2, 0.25) is 0 Å². The van der Waals surface area contributed by atoms with Gasteiger partial charge >= 0.3 is 5.97 Å². The molecule has 1 aliphatic rings. The molecule has 0 spiro atoms. The van der Waals surface area contributed by atoms with Crippen molar-refractivity contribution >= 4 is 11.9 Å². The summed E-state index contributed by atoms with van der Waals surface area (Å²) in [4.78, 5) is 26.3. The van der Waals surface area contributed by atoms with Crippen LogP contribution in [0.5, 0.6) is 0 Å². The van der Waals surface area contributed by atoms with Gasteiger partial charge in [-0.05, 0) is 31.0 Å². The van der Waals surface area contributed by atoms with Crippen molar-refractivity contribution in [1.82, 2.24) is 4.90 Å². The van der Waals surface area contributed by atoms with E-state index < -0.39 is 23.1 Å². The van der Waals surface area contributed by atoms with E-state index in [9.17, 15) is 19.1 Å². The fraction of sp³-hybridized carbons (Fsp3) is 0.300. The molecule has 1 atom stereocenters. The van der Waals surface area contributed by atoms with Gasteiger partial charge in [0.15, 0.2) is 0 Å². The van der Waals surface area contributed by atoms with Crippen LogP contribution in [0.3, 0.4) is 0 Å². The lowest BCUT2D eigenvalue weighted by Crippen LogP contribution is -2.48. The number of carboxylic acids is 1. The molecule has 0 aromatic heterocycles. The van der Waals surface area contributed by atoms with Crippen molar-refractivity contribution in [3.05, 3.63) is 71.0 Å². The first-order chi connectivity index (χ1) is 11.8. The highest BCUT2D eigenvalue weighted by molar-refractivity contribution is 5.89. The molecule has 5 heteroatoms. The predicted molar refractivity (Wildman–Crippen MR) is 91.7 cm³/mol. The summed E-state index contributed by atoms with van der Waals surface area (Å²) in [7, 11) is 0. The number of nitrogens with zero attached hydrogens (tertiary/aromatic N) is 1. The van der Waals surface area contributed by atoms with Crippen LogP contribution in [0.15, 0.2) is 48.5 Å². The first-order valence-corrected chi connectivity index (χ1v) is 8.17. The topological polar surface area (TPSA) is 57.6 Å². The maximum absolute atomic E-state index is 14.2. The van der Waals surface area contributed by atoms with Gasteiger partial charge in [-0.2, -0.15) is 0 Å². The molecule has 1 N–H and O–H groups in total. The second kappa shape index (κ2) is 6.31. The fourth-order valence-corrected chi connectivity index (χ4v) is 3.45. The van der Waals surface area contributed by atoms with Crippen molar-refractivity contribution in [3.8, 4) is 0 Å². The Hall–Kier alpha value is -2.69. The summed E-state index contributed by atoms with van der Waals surface area (Å²) in [6.07, 6.45) is 0. The van der Waals surface area contributed by atoms with Crippen LogP contribution in [0.4, 0.5) is 4.39 Å². The predicted octanol–water partition coefficient (Wildman–Crippen LogP) is 3.31. The molecule has 1 heterocycles. The number of carbonyl (C=O) groups excluding carboxylic acids is 1. The molecule has 1 aliphatic heterocycles. The minimum absolute atomic E-state index is 0.0864. The minimum atomic E-state index is -1.08. The van der Waals surface area contributed by atoms with E-state index in [1.807, 2.05) is 12.1 Å². The maximum Gasteiger partial charge on any atom is 0.312 e. The van der Waals surface area contributed by atoms with Gasteiger partial charge < -0.3 is 10.0 Å². The van der Waals surface area contributed by atoms with Gasteiger partial charge in [-0.15, -0.1) is 0 Å². The van der Waals surface area contributed by atoms with Crippen molar-refractivity contribution in [2.24, 2.45) is 0 Å². The lowest BCUT2D eigenvalue weighted by atomic mass is 9.81. The van der Waals surface area contributed by atoms with Crippen molar-refractivity contribution in [3.63, 3.8) is 0 Å². The highest BCUT2D eigenvalue weighted by atomic mass is 19.1. The third-order valence-corrected chi connectivity index (χ3v) is 4.86. The van der Waals surface area contributed by atoms with E-state index in [2.05, 4.69) is 0 Å². The second-order valence-corrected chi connectivity index (χ2v) is 6.88. The molecule has 2 aromatic rings. The van der Waals surface area contributed by atoms with Crippen molar-refractivity contribution < 1.29 is 19.1 Å². The Morgan fingerprint density at radius 2 is 1.76 bits per heavy atom. The Balaban J connectivity index is 1.96. The summed E-state index contributed by atoms with van der Waals surface area (Å²) >= 11 is 0. The first-order valence-electron chi connectivity index (χ1n) is 8.17. The number of aliphatic carboxylic acids is 1. The van der Waals surface area contributed by atoms with Gasteiger partial charge in [0, 0.05) is 18.7 Å². The Bertz CT molecular complexity index is 831. The Morgan fingerprint density at radius 3 is 2.44 bits per heavy atom. The van der Waals surface area contributed by atoms with E-state index in [0.29, 0.717) is 12.1 Å². The zero-order valence-corrected chi connectivity index (χ0v) is 14.2. The largest absolute Gasteiger partial charge is 0.481 e. The molecule has 2 aromatic carbocycles. The number of halogens is 1. The van der Waals surface area contributed by atoms with Crippen molar-refractivity contribution in [1.29, 1.82) is 0 Å². The molecule has 1 unspecified atom stereocenters. The van der Waals surface area contributed by atoms with E-state index in [1.165, 1.54) is 11.0 Å². The number of rotatable bonds is 3. The summed E-state index contributed by atoms with van der Waals surface area (Å²) in [5, 5.41) is 9.55. The quantitative estimate of drug-likeness (QED) is 0.932. The van der Waals surface area contributed by atoms with Gasteiger partial charge in [0.1, 0.15) is 5.82 Å². The molecule has 4 nitrogen and oxygen atoms in total. The normalized spacial score (nSPS) is 17.1. The number of hydrogen-bond acceptors (Lipinski definition) is 2. The van der Waals surface area contributed by atoms with Crippen LogP contribution >= 0.6 is 0 Å². The SMILES string of the molecule is CC(C)(C(=O)N1Cc2ccccc2C(C(=O)O)C1)c1ccccc1F. The lowest BCUT2D eigenvalue weighted by molar-refractivity contribution is -0.143. The number of amides is 1. The van der Waals surface area contributed by atoms with Crippen molar-refractivity contribution in [2.75, 3.05) is 6.54 Å². The minimum Gasteiger partial charge on any atom is -0.481 e. The van der Waals surface area contributed by atoms with Crippen LogP contribution < -0.4 is 0 Å². The van der Waals surface area contributed by atoms with Crippen LogP contribution in [0, 0.1) is 5.82 Å². The Morgan fingerprint density at radius 1 is 1.12 bits per heavy atom. The average Bonchev–Trinajstić information content (AvgIpc) is 2.60. The number of hydrogen-bond donors (Lipinski definition) is 1. The molecule has 0 radical (unpaired) electrons. The number of benzene rings is 2. The van der Waals surface area contributed by atoms with Crippen molar-refractivity contribution in [2.45, 2.75) is 31.7 Å². The van der Waals surface area contributed by atoms with Gasteiger partial charge in [0.05, 0.1) is 11.3 Å². The Labute approximate surface area is 145 Å². The van der Waals surface area contributed by atoms with Gasteiger partial charge in [-0.3, -0.25) is 9.59 Å². The summed E-state index contributed by atoms with van der Waals surface area (Å²) in [5.41, 5.74) is 0.785. The molecular formula is C20H20FNO3. The summed E-state index contributed by atoms with van der Waals surface area (Å²) < 4.78 is 14.2. The summed E-state index contributed by atoms with van der Waals surface area (Å²) in [6.45, 7) is 3.76. The standard InChI is InChI=1S/C20H20FNO3/c1-20(2,16-9-5-6-10-17(16)21)19(25)22-11-13-7-3-4-8-14(13)15(12-22)18(23)24/h3-10,15H,11-12H2,1-2H3,(H,23,24). The Kier molecular flexibility index (Phi) is 4.33. The van der Waals surface area contributed by atoms with Crippen LogP contribution in [-0.4, -0.2) is 28.4 Å². The zero-order chi connectivity index (χ0) is 18.2. The molecule has 130 valence electrons. The summed E-state index contributed by atoms with van der Waals surface area (Å²) in [6, 6.07) is 13.5. The molecular weight excluding hydrogens is 321 g/mol. The van der Waals surface area contributed by atoms with E-state index in [4.69, 9.17) is 0 Å². The number of fused-ring (bicyclic) bond motifs is 1. The molecule has 0 aliphatic carbocycles. The fourth-order valence-electron chi connectivity index (χ4n) is 3.45. The average molecular weight is 341 g/mol. The molecule has 0 bridgehead atoms. The highest BCUT2D eigenvalue weighted by Crippen LogP contribution is 2.33. The molecule has 0 fully saturated rings. The summed E-state index contributed by atoms with van der Waals surface area (Å²) in [5.74, 6) is -2.45. The number of carboxylic acid groups (broad SMARTS) is 1. The second-order valence-electron chi connectivity index (χ2n) is 6.88. The van der Waals surface area contributed by atoms with Gasteiger partial charge in [0.2, 0.25) is 5.91 Å². The molecule has 0 saturated heterocycles. The van der Waals surface area contributed by atoms with Gasteiger partial charge in [-0.1, -0.05) is 42.5 Å². The third-order valence-electron chi connectivity index (χ3n) is 4.86. The van der Waals surface area contributed by atoms with E-state index in [0.717, 1.165) is 11.1 Å². The molecule has 0 saturated carbocycles. The molecule has 3 rings (SSSR count). The van der Waals surface area contributed by atoms with Crippen LogP contribution in [0.25, 0.3) is 0 Å². The van der Waals surface area contributed by atoms with E-state index >= 15 is 0 Å². The first kappa shape index (κ1) is 17.1. The van der Waals surface area contributed by atoms with Gasteiger partial charge in [-0.25, -0.2) is 4.39 Å². The lowest BCUT2D eigenvalue weighted by Gasteiger charge is -2.37. The van der Waals surface area contributed by atoms with E-state index in [-0.39, 0.29) is 12.5 Å². The smallest absolute Gasteiger partial charge is 0.312 e. The highest BCUT2D eigenvalue weighted by Gasteiger charge is 2.40. The van der Waals surface area contributed by atoms with E-state index in [1.54, 1.807) is 44.2 Å². The maximum atomic E-state index is 14.2. The third kappa shape index (κ3) is 3.02. The van der Waals surface area contributed by atoms with Crippen LogP contribution in [-0.2, 0) is 21.5 Å². The molecule has 1 amide bonds. The molecule has 25 heavy (non-hydrogen) atoms. The van der Waals surface area contributed by atoms with Crippen LogP contribution in [0.1, 0.15) is 36.5 Å².